The van der Waals surface area contributed by atoms with Gasteiger partial charge in [-0.1, -0.05) is 60.3 Å². The van der Waals surface area contributed by atoms with Crippen molar-refractivity contribution in [1.29, 1.82) is 0 Å². The summed E-state index contributed by atoms with van der Waals surface area (Å²) in [6.45, 7) is 4.68. The van der Waals surface area contributed by atoms with Crippen molar-refractivity contribution >= 4 is 17.7 Å². The number of aryl methyl sites for hydroxylation is 1. The van der Waals surface area contributed by atoms with E-state index in [1.807, 2.05) is 66.1 Å². The Morgan fingerprint density at radius 1 is 1.11 bits per heavy atom. The Bertz CT molecular complexity index is 928. The minimum Gasteiger partial charge on any atom is -0.485 e. The fourth-order valence-electron chi connectivity index (χ4n) is 2.67. The Labute approximate surface area is 168 Å². The van der Waals surface area contributed by atoms with Crippen LogP contribution in [0, 0.1) is 6.92 Å². The summed E-state index contributed by atoms with van der Waals surface area (Å²) in [5, 5.41) is 8.88. The van der Waals surface area contributed by atoms with E-state index in [0.29, 0.717) is 17.5 Å². The Morgan fingerprint density at radius 3 is 2.54 bits per heavy atom. The van der Waals surface area contributed by atoms with Gasteiger partial charge in [0.1, 0.15) is 17.6 Å². The normalized spacial score (nSPS) is 11.8. The van der Waals surface area contributed by atoms with Crippen molar-refractivity contribution in [3.8, 4) is 5.75 Å². The molecule has 1 atom stereocenters. The number of rotatable bonds is 8. The van der Waals surface area contributed by atoms with Crippen LogP contribution in [0.25, 0.3) is 0 Å². The monoisotopic (exact) mass is 397 g/mol. The molecule has 0 spiro atoms. The van der Waals surface area contributed by atoms with Gasteiger partial charge in [-0.25, -0.2) is 0 Å². The fourth-order valence-corrected chi connectivity index (χ4v) is 3.56. The molecule has 6 nitrogen and oxygen atoms in total. The van der Waals surface area contributed by atoms with Crippen molar-refractivity contribution in [2.45, 2.75) is 37.4 Å². The first-order valence-corrected chi connectivity index (χ1v) is 9.85. The van der Waals surface area contributed by atoms with Gasteiger partial charge in [0.05, 0.1) is 13.7 Å². The van der Waals surface area contributed by atoms with Crippen LogP contribution in [0.1, 0.15) is 23.9 Å². The smallest absolute Gasteiger partial charge is 0.318 e. The zero-order valence-electron chi connectivity index (χ0n) is 16.2. The van der Waals surface area contributed by atoms with Crippen molar-refractivity contribution in [2.75, 3.05) is 7.11 Å². The zero-order valence-corrected chi connectivity index (χ0v) is 17.0. The number of esters is 1. The van der Waals surface area contributed by atoms with Gasteiger partial charge in [-0.15, -0.1) is 10.2 Å². The summed E-state index contributed by atoms with van der Waals surface area (Å²) in [7, 11) is 1.38. The van der Waals surface area contributed by atoms with Gasteiger partial charge in [-0.3, -0.25) is 9.36 Å². The molecule has 0 radical (unpaired) electrons. The van der Waals surface area contributed by atoms with Crippen LogP contribution in [-0.4, -0.2) is 33.1 Å². The summed E-state index contributed by atoms with van der Waals surface area (Å²) >= 11 is 1.33. The standard InChI is InChI=1S/C21H23N3O3S/c1-15-9-7-8-12-18(15)27-14-19-22-23-21(28-16(2)20(25)26-3)24(19)13-17-10-5-4-6-11-17/h4-12,16H,13-14H2,1-3H3/t16-/m1/s1. The van der Waals surface area contributed by atoms with Crippen molar-refractivity contribution in [2.24, 2.45) is 0 Å². The zero-order chi connectivity index (χ0) is 19.9. The molecule has 28 heavy (non-hydrogen) atoms. The number of nitrogens with zero attached hydrogens (tertiary/aromatic N) is 3. The minimum absolute atomic E-state index is 0.290. The topological polar surface area (TPSA) is 66.2 Å². The molecule has 7 heteroatoms. The molecule has 0 fully saturated rings. The number of hydrogen-bond acceptors (Lipinski definition) is 6. The molecule has 0 saturated heterocycles. The second kappa shape index (κ2) is 9.41. The third kappa shape index (κ3) is 4.92. The van der Waals surface area contributed by atoms with Crippen LogP contribution in [0.5, 0.6) is 5.75 Å². The maximum Gasteiger partial charge on any atom is 0.318 e. The van der Waals surface area contributed by atoms with Crippen molar-refractivity contribution < 1.29 is 14.3 Å². The average Bonchev–Trinajstić information content (AvgIpc) is 3.08. The number of methoxy groups -OCH3 is 1. The molecule has 3 rings (SSSR count). The number of ether oxygens (including phenoxy) is 2. The summed E-state index contributed by atoms with van der Waals surface area (Å²) < 4.78 is 12.8. The first-order chi connectivity index (χ1) is 13.6. The summed E-state index contributed by atoms with van der Waals surface area (Å²) in [4.78, 5) is 11.8. The predicted molar refractivity (Wildman–Crippen MR) is 108 cm³/mol. The third-order valence-corrected chi connectivity index (χ3v) is 5.30. The van der Waals surface area contributed by atoms with Crippen LogP contribution in [0.2, 0.25) is 0 Å². The third-order valence-electron chi connectivity index (χ3n) is 4.24. The Balaban J connectivity index is 1.84. The van der Waals surface area contributed by atoms with Gasteiger partial charge in [0.2, 0.25) is 0 Å². The van der Waals surface area contributed by atoms with Crippen LogP contribution >= 0.6 is 11.8 Å². The Kier molecular flexibility index (Phi) is 6.71. The molecule has 0 aliphatic carbocycles. The maximum atomic E-state index is 11.8. The van der Waals surface area contributed by atoms with E-state index in [-0.39, 0.29) is 17.8 Å². The minimum atomic E-state index is -0.381. The van der Waals surface area contributed by atoms with E-state index < -0.39 is 0 Å². The first kappa shape index (κ1) is 19.9. The lowest BCUT2D eigenvalue weighted by molar-refractivity contribution is -0.139. The van der Waals surface area contributed by atoms with Gasteiger partial charge < -0.3 is 9.47 Å². The largest absolute Gasteiger partial charge is 0.485 e. The number of carbonyl (C=O) groups excluding carboxylic acids is 1. The molecule has 1 heterocycles. The highest BCUT2D eigenvalue weighted by atomic mass is 32.2. The number of thioether (sulfide) groups is 1. The lowest BCUT2D eigenvalue weighted by Crippen LogP contribution is -2.16. The van der Waals surface area contributed by atoms with E-state index >= 15 is 0 Å². The van der Waals surface area contributed by atoms with Gasteiger partial charge in [0.25, 0.3) is 0 Å². The highest BCUT2D eigenvalue weighted by Crippen LogP contribution is 2.25. The molecule has 0 aliphatic heterocycles. The molecule has 2 aromatic carbocycles. The molecule has 1 aromatic heterocycles. The highest BCUT2D eigenvalue weighted by Gasteiger charge is 2.21. The summed E-state index contributed by atoms with van der Waals surface area (Å²) in [6.07, 6.45) is 0. The van der Waals surface area contributed by atoms with Gasteiger partial charge in [-0.05, 0) is 31.0 Å². The number of para-hydroxylation sites is 1. The quantitative estimate of drug-likeness (QED) is 0.425. The summed E-state index contributed by atoms with van der Waals surface area (Å²) in [5.41, 5.74) is 2.18. The lowest BCUT2D eigenvalue weighted by Gasteiger charge is -2.13. The van der Waals surface area contributed by atoms with E-state index in [4.69, 9.17) is 9.47 Å². The van der Waals surface area contributed by atoms with Gasteiger partial charge >= 0.3 is 5.97 Å². The van der Waals surface area contributed by atoms with Gasteiger partial charge in [0, 0.05) is 0 Å². The van der Waals surface area contributed by atoms with Gasteiger partial charge in [0.15, 0.2) is 11.0 Å². The highest BCUT2D eigenvalue weighted by molar-refractivity contribution is 8.00. The van der Waals surface area contributed by atoms with Crippen LogP contribution in [-0.2, 0) is 22.7 Å². The maximum absolute atomic E-state index is 11.8. The van der Waals surface area contributed by atoms with Crippen molar-refractivity contribution in [3.63, 3.8) is 0 Å². The lowest BCUT2D eigenvalue weighted by atomic mass is 10.2. The van der Waals surface area contributed by atoms with Gasteiger partial charge in [-0.2, -0.15) is 0 Å². The van der Waals surface area contributed by atoms with Crippen molar-refractivity contribution in [3.05, 3.63) is 71.5 Å². The predicted octanol–water partition coefficient (Wildman–Crippen LogP) is 3.87. The van der Waals surface area contributed by atoms with Crippen LogP contribution < -0.4 is 4.74 Å². The second-order valence-corrected chi connectivity index (χ2v) is 7.62. The van der Waals surface area contributed by atoms with E-state index in [9.17, 15) is 4.79 Å². The van der Waals surface area contributed by atoms with Crippen LogP contribution in [0.4, 0.5) is 0 Å². The molecule has 0 amide bonds. The summed E-state index contributed by atoms with van der Waals surface area (Å²) in [5.74, 6) is 1.22. The number of carbonyl (C=O) groups is 1. The molecule has 146 valence electrons. The molecule has 0 N–H and O–H groups in total. The van der Waals surface area contributed by atoms with E-state index in [1.54, 1.807) is 6.92 Å². The first-order valence-electron chi connectivity index (χ1n) is 8.97. The fraction of sp³-hybridized carbons (Fsp3) is 0.286. The molecular weight excluding hydrogens is 374 g/mol. The molecular formula is C21H23N3O3S. The molecule has 0 bridgehead atoms. The van der Waals surface area contributed by atoms with E-state index in [2.05, 4.69) is 10.2 Å². The van der Waals surface area contributed by atoms with E-state index in [1.165, 1.54) is 18.9 Å². The summed E-state index contributed by atoms with van der Waals surface area (Å²) in [6, 6.07) is 17.9. The Morgan fingerprint density at radius 2 is 1.82 bits per heavy atom. The average molecular weight is 398 g/mol. The Hall–Kier alpha value is -2.80. The molecule has 0 unspecified atom stereocenters. The molecule has 0 saturated carbocycles. The number of hydrogen-bond donors (Lipinski definition) is 0. The number of benzene rings is 2. The van der Waals surface area contributed by atoms with Crippen molar-refractivity contribution in [1.82, 2.24) is 14.8 Å². The molecule has 0 aliphatic rings. The molecule has 3 aromatic rings. The SMILES string of the molecule is COC(=O)[C@@H](C)Sc1nnc(COc2ccccc2C)n1Cc1ccccc1. The van der Waals surface area contributed by atoms with Crippen LogP contribution in [0.15, 0.2) is 59.8 Å². The second-order valence-electron chi connectivity index (χ2n) is 6.31. The number of aromatic nitrogens is 3. The van der Waals surface area contributed by atoms with Crippen LogP contribution in [0.3, 0.4) is 0 Å². The van der Waals surface area contributed by atoms with E-state index in [0.717, 1.165) is 16.9 Å².